The maximum Gasteiger partial charge on any atom is 0.409 e. The smallest absolute Gasteiger partial charge is 0.409 e. The van der Waals surface area contributed by atoms with Gasteiger partial charge in [-0.3, -0.25) is 4.79 Å². The Bertz CT molecular complexity index is 523. The number of halogens is 1. The Labute approximate surface area is 190 Å². The van der Waals surface area contributed by atoms with Crippen molar-refractivity contribution >= 4 is 53.7 Å². The molecule has 0 atom stereocenters. The Morgan fingerprint density at radius 2 is 1.89 bits per heavy atom. The monoisotopic (exact) mass is 529 g/mol. The second kappa shape index (κ2) is 13.3. The van der Waals surface area contributed by atoms with Gasteiger partial charge in [-0.2, -0.15) is 11.8 Å². The molecule has 1 aliphatic rings. The number of nitrogens with zero attached hydrogens (tertiary/aromatic N) is 3. The third-order valence-corrected chi connectivity index (χ3v) is 5.72. The van der Waals surface area contributed by atoms with Crippen molar-refractivity contribution in [1.29, 1.82) is 0 Å². The van der Waals surface area contributed by atoms with Gasteiger partial charge < -0.3 is 25.2 Å². The van der Waals surface area contributed by atoms with Crippen LogP contribution in [0.1, 0.15) is 33.6 Å². The summed E-state index contributed by atoms with van der Waals surface area (Å²) in [6.45, 7) is 8.65. The van der Waals surface area contributed by atoms with E-state index >= 15 is 0 Å². The van der Waals surface area contributed by atoms with Crippen LogP contribution in [0, 0.1) is 0 Å². The highest BCUT2D eigenvalue weighted by Gasteiger charge is 2.25. The lowest BCUT2D eigenvalue weighted by Crippen LogP contribution is -2.51. The summed E-state index contributed by atoms with van der Waals surface area (Å²) in [5, 5.41) is 6.77. The zero-order valence-electron chi connectivity index (χ0n) is 17.9. The number of hydrogen-bond donors (Lipinski definition) is 2. The predicted molar refractivity (Wildman–Crippen MR) is 127 cm³/mol. The first-order chi connectivity index (χ1) is 12.7. The fourth-order valence-corrected chi connectivity index (χ4v) is 2.64. The molecule has 0 aliphatic carbocycles. The molecule has 8 nitrogen and oxygen atoms in total. The number of hydrogen-bond acceptors (Lipinski definition) is 5. The third-order valence-electron chi connectivity index (χ3n) is 4.47. The SMILES string of the molecule is CCOC(=O)N1CCC(NC(=NCC(=O)N(C)C)NCC(C)(C)SC)CC1.I. The standard InChI is InChI=1S/C18H35N5O3S.HI/c1-7-26-17(25)23-10-8-14(9-11-23)21-16(19-12-15(24)22(4)5)20-13-18(2,3)27-6;/h14H,7-13H2,1-6H3,(H2,19,20,21);1H. The highest BCUT2D eigenvalue weighted by atomic mass is 127. The Hall–Kier alpha value is -0.910. The molecule has 1 aliphatic heterocycles. The summed E-state index contributed by atoms with van der Waals surface area (Å²) in [5.74, 6) is 0.597. The quantitative estimate of drug-likeness (QED) is 0.298. The van der Waals surface area contributed by atoms with E-state index in [0.717, 1.165) is 19.4 Å². The molecule has 0 aromatic carbocycles. The minimum Gasteiger partial charge on any atom is -0.450 e. The number of amides is 2. The first kappa shape index (κ1) is 27.1. The molecule has 0 spiro atoms. The molecule has 1 rings (SSSR count). The molecule has 164 valence electrons. The lowest BCUT2D eigenvalue weighted by atomic mass is 10.1. The van der Waals surface area contributed by atoms with E-state index in [-0.39, 0.29) is 53.3 Å². The summed E-state index contributed by atoms with van der Waals surface area (Å²) < 4.78 is 5.12. The van der Waals surface area contributed by atoms with Crippen LogP contribution >= 0.6 is 35.7 Å². The topological polar surface area (TPSA) is 86.3 Å². The summed E-state index contributed by atoms with van der Waals surface area (Å²) in [7, 11) is 3.45. The Morgan fingerprint density at radius 3 is 2.39 bits per heavy atom. The Balaban J connectivity index is 0.00000729. The van der Waals surface area contributed by atoms with Gasteiger partial charge in [0.05, 0.1) is 6.61 Å². The van der Waals surface area contributed by atoms with Crippen molar-refractivity contribution in [3.63, 3.8) is 0 Å². The van der Waals surface area contributed by atoms with Gasteiger partial charge in [0.2, 0.25) is 5.91 Å². The molecule has 1 fully saturated rings. The van der Waals surface area contributed by atoms with E-state index in [1.807, 2.05) is 6.92 Å². The van der Waals surface area contributed by atoms with E-state index < -0.39 is 0 Å². The molecule has 0 aromatic heterocycles. The van der Waals surface area contributed by atoms with Crippen molar-refractivity contribution in [2.24, 2.45) is 4.99 Å². The number of rotatable bonds is 7. The van der Waals surface area contributed by atoms with Gasteiger partial charge in [-0.05, 0) is 39.9 Å². The number of likely N-dealkylation sites (N-methyl/N-ethyl adjacent to an activating group) is 1. The van der Waals surface area contributed by atoms with E-state index in [0.29, 0.717) is 25.7 Å². The number of ether oxygens (including phenoxy) is 1. The third kappa shape index (κ3) is 10.0. The molecular formula is C18H36IN5O3S. The van der Waals surface area contributed by atoms with E-state index in [4.69, 9.17) is 4.74 Å². The van der Waals surface area contributed by atoms with Crippen molar-refractivity contribution < 1.29 is 14.3 Å². The average Bonchev–Trinajstić information content (AvgIpc) is 2.64. The molecule has 1 heterocycles. The average molecular weight is 529 g/mol. The largest absolute Gasteiger partial charge is 0.450 e. The number of thioether (sulfide) groups is 1. The molecule has 28 heavy (non-hydrogen) atoms. The number of nitrogens with one attached hydrogen (secondary N) is 2. The normalized spacial score (nSPS) is 15.5. The second-order valence-electron chi connectivity index (χ2n) is 7.37. The van der Waals surface area contributed by atoms with Crippen LogP contribution in [0.2, 0.25) is 0 Å². The minimum absolute atomic E-state index is 0. The molecule has 0 aromatic rings. The first-order valence-corrected chi connectivity index (χ1v) is 10.6. The van der Waals surface area contributed by atoms with E-state index in [9.17, 15) is 9.59 Å². The summed E-state index contributed by atoms with van der Waals surface area (Å²) in [5.41, 5.74) is 0. The van der Waals surface area contributed by atoms with E-state index in [1.54, 1.807) is 30.8 Å². The highest BCUT2D eigenvalue weighted by molar-refractivity contribution is 14.0. The van der Waals surface area contributed by atoms with Crippen molar-refractivity contribution in [3.8, 4) is 0 Å². The fraction of sp³-hybridized carbons (Fsp3) is 0.833. The lowest BCUT2D eigenvalue weighted by molar-refractivity contribution is -0.127. The maximum absolute atomic E-state index is 11.9. The summed E-state index contributed by atoms with van der Waals surface area (Å²) in [6.07, 6.45) is 3.45. The minimum atomic E-state index is -0.249. The van der Waals surface area contributed by atoms with Gasteiger partial charge in [0.15, 0.2) is 5.96 Å². The van der Waals surface area contributed by atoms with Gasteiger partial charge in [-0.15, -0.1) is 24.0 Å². The Morgan fingerprint density at radius 1 is 1.29 bits per heavy atom. The summed E-state index contributed by atoms with van der Waals surface area (Å²) in [4.78, 5) is 31.4. The molecule has 0 radical (unpaired) electrons. The maximum atomic E-state index is 11.9. The summed E-state index contributed by atoms with van der Waals surface area (Å²) >= 11 is 1.77. The van der Waals surface area contributed by atoms with Gasteiger partial charge in [0.25, 0.3) is 0 Å². The Kier molecular flexibility index (Phi) is 12.9. The van der Waals surface area contributed by atoms with Gasteiger partial charge in [0.1, 0.15) is 6.54 Å². The first-order valence-electron chi connectivity index (χ1n) is 9.40. The number of likely N-dealkylation sites (tertiary alicyclic amines) is 1. The predicted octanol–water partition coefficient (Wildman–Crippen LogP) is 1.99. The van der Waals surface area contributed by atoms with Crippen molar-refractivity contribution in [3.05, 3.63) is 0 Å². The molecule has 1 saturated heterocycles. The van der Waals surface area contributed by atoms with E-state index in [1.165, 1.54) is 4.90 Å². The van der Waals surface area contributed by atoms with Crippen molar-refractivity contribution in [1.82, 2.24) is 20.4 Å². The van der Waals surface area contributed by atoms with Crippen LogP contribution in [-0.4, -0.2) is 91.7 Å². The number of guanidine groups is 1. The van der Waals surface area contributed by atoms with Crippen molar-refractivity contribution in [2.75, 3.05) is 53.1 Å². The van der Waals surface area contributed by atoms with Crippen LogP contribution in [0.5, 0.6) is 0 Å². The number of carbonyl (C=O) groups is 2. The fourth-order valence-electron chi connectivity index (χ4n) is 2.42. The van der Waals surface area contributed by atoms with Crippen molar-refractivity contribution in [2.45, 2.75) is 44.4 Å². The van der Waals surface area contributed by atoms with Gasteiger partial charge >= 0.3 is 6.09 Å². The van der Waals surface area contributed by atoms with Crippen LogP contribution < -0.4 is 10.6 Å². The van der Waals surface area contributed by atoms with E-state index in [2.05, 4.69) is 35.7 Å². The molecule has 2 N–H and O–H groups in total. The zero-order valence-corrected chi connectivity index (χ0v) is 21.1. The highest BCUT2D eigenvalue weighted by Crippen LogP contribution is 2.19. The zero-order chi connectivity index (χ0) is 20.4. The van der Waals surface area contributed by atoms with Crippen LogP contribution in [0.15, 0.2) is 4.99 Å². The molecule has 10 heteroatoms. The van der Waals surface area contributed by atoms with Crippen LogP contribution in [0.25, 0.3) is 0 Å². The van der Waals surface area contributed by atoms with Gasteiger partial charge in [-0.1, -0.05) is 0 Å². The van der Waals surface area contributed by atoms with Crippen LogP contribution in [0.3, 0.4) is 0 Å². The lowest BCUT2D eigenvalue weighted by Gasteiger charge is -2.33. The summed E-state index contributed by atoms with van der Waals surface area (Å²) in [6, 6.07) is 0.203. The molecule has 2 amide bonds. The van der Waals surface area contributed by atoms with Crippen LogP contribution in [-0.2, 0) is 9.53 Å². The van der Waals surface area contributed by atoms with Gasteiger partial charge in [0, 0.05) is 44.5 Å². The molecular weight excluding hydrogens is 493 g/mol. The van der Waals surface area contributed by atoms with Gasteiger partial charge in [-0.25, -0.2) is 9.79 Å². The molecule has 0 bridgehead atoms. The van der Waals surface area contributed by atoms with Crippen LogP contribution in [0.4, 0.5) is 4.79 Å². The number of aliphatic imine (C=N–C) groups is 1. The number of piperidine rings is 1. The molecule has 0 saturated carbocycles. The second-order valence-corrected chi connectivity index (χ2v) is 8.89. The molecule has 0 unspecified atom stereocenters. The number of carbonyl (C=O) groups excluding carboxylic acids is 2.